The van der Waals surface area contributed by atoms with E-state index in [0.717, 1.165) is 22.9 Å². The Bertz CT molecular complexity index is 691. The summed E-state index contributed by atoms with van der Waals surface area (Å²) in [5.41, 5.74) is 2.07. The van der Waals surface area contributed by atoms with Crippen molar-refractivity contribution in [3.63, 3.8) is 0 Å². The standard InChI is InChI=1S/C16H17N3S/c1-16(2,3)15-17-14(12-9-10-20-11-12)18-19(15)13-7-5-4-6-8-13/h4-11H,1-3H3. The van der Waals surface area contributed by atoms with Crippen molar-refractivity contribution in [1.82, 2.24) is 14.8 Å². The third-order valence-electron chi connectivity index (χ3n) is 3.06. The smallest absolute Gasteiger partial charge is 0.182 e. The van der Waals surface area contributed by atoms with Crippen LogP contribution in [0, 0.1) is 0 Å². The zero-order valence-electron chi connectivity index (χ0n) is 11.9. The van der Waals surface area contributed by atoms with Gasteiger partial charge in [-0.1, -0.05) is 39.0 Å². The zero-order valence-corrected chi connectivity index (χ0v) is 12.7. The fourth-order valence-electron chi connectivity index (χ4n) is 2.06. The summed E-state index contributed by atoms with van der Waals surface area (Å²) < 4.78 is 1.95. The van der Waals surface area contributed by atoms with Crippen molar-refractivity contribution in [2.45, 2.75) is 26.2 Å². The number of thiophene rings is 1. The predicted octanol–water partition coefficient (Wildman–Crippen LogP) is 4.29. The van der Waals surface area contributed by atoms with Gasteiger partial charge in [-0.15, -0.1) is 5.10 Å². The highest BCUT2D eigenvalue weighted by molar-refractivity contribution is 7.08. The molecule has 20 heavy (non-hydrogen) atoms. The SMILES string of the molecule is CC(C)(C)c1nc(-c2ccsc2)nn1-c1ccccc1. The first kappa shape index (κ1) is 13.1. The monoisotopic (exact) mass is 283 g/mol. The van der Waals surface area contributed by atoms with Gasteiger partial charge in [-0.3, -0.25) is 0 Å². The molecule has 3 aromatic rings. The highest BCUT2D eigenvalue weighted by Crippen LogP contribution is 2.27. The van der Waals surface area contributed by atoms with Gasteiger partial charge in [0.15, 0.2) is 5.82 Å². The number of para-hydroxylation sites is 1. The number of nitrogens with zero attached hydrogens (tertiary/aromatic N) is 3. The molecule has 0 bridgehead atoms. The average Bonchev–Trinajstić information content (AvgIpc) is 3.08. The molecule has 0 unspecified atom stereocenters. The molecular formula is C16H17N3S. The predicted molar refractivity (Wildman–Crippen MR) is 83.4 cm³/mol. The van der Waals surface area contributed by atoms with Crippen LogP contribution >= 0.6 is 11.3 Å². The number of hydrogen-bond acceptors (Lipinski definition) is 3. The lowest BCUT2D eigenvalue weighted by molar-refractivity contribution is 0.526. The topological polar surface area (TPSA) is 30.7 Å². The molecule has 2 heterocycles. The van der Waals surface area contributed by atoms with Gasteiger partial charge in [0.25, 0.3) is 0 Å². The third kappa shape index (κ3) is 2.39. The van der Waals surface area contributed by atoms with Gasteiger partial charge >= 0.3 is 0 Å². The molecule has 4 heteroatoms. The largest absolute Gasteiger partial charge is 0.217 e. The highest BCUT2D eigenvalue weighted by Gasteiger charge is 2.24. The molecule has 0 saturated carbocycles. The lowest BCUT2D eigenvalue weighted by atomic mass is 9.95. The van der Waals surface area contributed by atoms with Crippen molar-refractivity contribution < 1.29 is 0 Å². The van der Waals surface area contributed by atoms with E-state index in [9.17, 15) is 0 Å². The maximum atomic E-state index is 4.76. The van der Waals surface area contributed by atoms with Gasteiger partial charge in [0.1, 0.15) is 5.82 Å². The minimum atomic E-state index is -0.0584. The summed E-state index contributed by atoms with van der Waals surface area (Å²) in [4.78, 5) is 4.76. The van der Waals surface area contributed by atoms with Crippen LogP contribution in [-0.4, -0.2) is 14.8 Å². The second kappa shape index (κ2) is 4.87. The Morgan fingerprint density at radius 2 is 1.80 bits per heavy atom. The Morgan fingerprint density at radius 3 is 2.40 bits per heavy atom. The van der Waals surface area contributed by atoms with Crippen LogP contribution < -0.4 is 0 Å². The van der Waals surface area contributed by atoms with Crippen LogP contribution in [0.25, 0.3) is 17.1 Å². The first-order chi connectivity index (χ1) is 9.55. The highest BCUT2D eigenvalue weighted by atomic mass is 32.1. The first-order valence-corrected chi connectivity index (χ1v) is 7.55. The van der Waals surface area contributed by atoms with E-state index >= 15 is 0 Å². The van der Waals surface area contributed by atoms with E-state index in [2.05, 4.69) is 49.7 Å². The molecule has 1 aromatic carbocycles. The van der Waals surface area contributed by atoms with E-state index < -0.39 is 0 Å². The van der Waals surface area contributed by atoms with E-state index in [1.807, 2.05) is 22.9 Å². The maximum Gasteiger partial charge on any atom is 0.182 e. The molecule has 0 N–H and O–H groups in total. The van der Waals surface area contributed by atoms with Crippen molar-refractivity contribution >= 4 is 11.3 Å². The minimum Gasteiger partial charge on any atom is -0.217 e. The maximum absolute atomic E-state index is 4.76. The van der Waals surface area contributed by atoms with Crippen molar-refractivity contribution in [2.75, 3.05) is 0 Å². The molecule has 0 amide bonds. The average molecular weight is 283 g/mol. The molecule has 0 aliphatic rings. The molecule has 0 atom stereocenters. The third-order valence-corrected chi connectivity index (χ3v) is 3.74. The summed E-state index contributed by atoms with van der Waals surface area (Å²) in [5.74, 6) is 1.77. The molecule has 3 rings (SSSR count). The second-order valence-corrected chi connectivity index (χ2v) is 6.55. The van der Waals surface area contributed by atoms with Crippen LogP contribution in [0.5, 0.6) is 0 Å². The van der Waals surface area contributed by atoms with Crippen molar-refractivity contribution in [2.24, 2.45) is 0 Å². The Labute approximate surface area is 122 Å². The number of hydrogen-bond donors (Lipinski definition) is 0. The molecule has 2 aromatic heterocycles. The first-order valence-electron chi connectivity index (χ1n) is 6.61. The molecular weight excluding hydrogens is 266 g/mol. The molecule has 0 aliphatic carbocycles. The van der Waals surface area contributed by atoms with Crippen LogP contribution in [0.3, 0.4) is 0 Å². The Balaban J connectivity index is 2.18. The Kier molecular flexibility index (Phi) is 3.18. The van der Waals surface area contributed by atoms with E-state index in [4.69, 9.17) is 10.1 Å². The molecule has 3 nitrogen and oxygen atoms in total. The van der Waals surface area contributed by atoms with Gasteiger partial charge in [-0.25, -0.2) is 9.67 Å². The van der Waals surface area contributed by atoms with Gasteiger partial charge in [-0.05, 0) is 23.6 Å². The quantitative estimate of drug-likeness (QED) is 0.702. The Morgan fingerprint density at radius 1 is 1.05 bits per heavy atom. The fourth-order valence-corrected chi connectivity index (χ4v) is 2.70. The summed E-state index contributed by atoms with van der Waals surface area (Å²) in [6, 6.07) is 12.2. The molecule has 0 radical (unpaired) electrons. The van der Waals surface area contributed by atoms with E-state index in [1.54, 1.807) is 11.3 Å². The van der Waals surface area contributed by atoms with E-state index in [-0.39, 0.29) is 5.41 Å². The summed E-state index contributed by atoms with van der Waals surface area (Å²) in [6.45, 7) is 6.48. The van der Waals surface area contributed by atoms with Crippen LogP contribution in [0.15, 0.2) is 47.2 Å². The summed E-state index contributed by atoms with van der Waals surface area (Å²) >= 11 is 1.66. The molecule has 102 valence electrons. The molecule has 0 aliphatic heterocycles. The van der Waals surface area contributed by atoms with Gasteiger partial charge in [0, 0.05) is 16.4 Å². The molecule has 0 saturated heterocycles. The summed E-state index contributed by atoms with van der Waals surface area (Å²) in [7, 11) is 0. The van der Waals surface area contributed by atoms with Crippen molar-refractivity contribution in [3.8, 4) is 17.1 Å². The molecule has 0 spiro atoms. The lowest BCUT2D eigenvalue weighted by Gasteiger charge is -2.18. The van der Waals surface area contributed by atoms with E-state index in [1.165, 1.54) is 0 Å². The molecule has 0 fully saturated rings. The summed E-state index contributed by atoms with van der Waals surface area (Å²) in [6.07, 6.45) is 0. The van der Waals surface area contributed by atoms with Crippen molar-refractivity contribution in [1.29, 1.82) is 0 Å². The fraction of sp³-hybridized carbons (Fsp3) is 0.250. The van der Waals surface area contributed by atoms with Gasteiger partial charge in [-0.2, -0.15) is 11.3 Å². The number of aromatic nitrogens is 3. The van der Waals surface area contributed by atoms with Crippen LogP contribution in [-0.2, 0) is 5.41 Å². The van der Waals surface area contributed by atoms with Crippen molar-refractivity contribution in [3.05, 3.63) is 53.0 Å². The number of benzene rings is 1. The van der Waals surface area contributed by atoms with Gasteiger partial charge in [0.2, 0.25) is 0 Å². The van der Waals surface area contributed by atoms with E-state index in [0.29, 0.717) is 0 Å². The normalized spacial score (nSPS) is 11.8. The summed E-state index contributed by atoms with van der Waals surface area (Å²) in [5, 5.41) is 8.83. The second-order valence-electron chi connectivity index (χ2n) is 5.77. The van der Waals surface area contributed by atoms with Gasteiger partial charge in [0.05, 0.1) is 5.69 Å². The van der Waals surface area contributed by atoms with Crippen LogP contribution in [0.4, 0.5) is 0 Å². The Hall–Kier alpha value is -1.94. The minimum absolute atomic E-state index is 0.0584. The van der Waals surface area contributed by atoms with Gasteiger partial charge < -0.3 is 0 Å². The lowest BCUT2D eigenvalue weighted by Crippen LogP contribution is -2.18. The van der Waals surface area contributed by atoms with Crippen LogP contribution in [0.1, 0.15) is 26.6 Å². The van der Waals surface area contributed by atoms with Crippen LogP contribution in [0.2, 0.25) is 0 Å². The zero-order chi connectivity index (χ0) is 14.2. The number of rotatable bonds is 2.